The number of anilines is 2. The molecule has 0 spiro atoms. The molecule has 33 heavy (non-hydrogen) atoms. The van der Waals surface area contributed by atoms with Gasteiger partial charge in [0.05, 0.1) is 6.10 Å². The molecule has 2 aliphatic rings. The maximum absolute atomic E-state index is 12.3. The minimum absolute atomic E-state index is 0.104. The molecule has 0 radical (unpaired) electrons. The highest BCUT2D eigenvalue weighted by atomic mass is 16.5. The number of piperidine rings is 2. The van der Waals surface area contributed by atoms with E-state index < -0.39 is 0 Å². The van der Waals surface area contributed by atoms with Gasteiger partial charge < -0.3 is 15.0 Å². The molecule has 5 heteroatoms. The summed E-state index contributed by atoms with van der Waals surface area (Å²) in [7, 11) is 1.84. The first-order valence-corrected chi connectivity index (χ1v) is 12.7. The maximum Gasteiger partial charge on any atom is 0.224 e. The summed E-state index contributed by atoms with van der Waals surface area (Å²) >= 11 is 0. The zero-order valence-electron chi connectivity index (χ0n) is 20.0. The third-order valence-corrected chi connectivity index (χ3v) is 7.20. The van der Waals surface area contributed by atoms with Gasteiger partial charge in [-0.2, -0.15) is 0 Å². The lowest BCUT2D eigenvalue weighted by Gasteiger charge is -2.42. The van der Waals surface area contributed by atoms with Gasteiger partial charge in [0.2, 0.25) is 5.91 Å². The van der Waals surface area contributed by atoms with Gasteiger partial charge in [0.25, 0.3) is 0 Å². The molecule has 5 nitrogen and oxygen atoms in total. The Morgan fingerprint density at radius 3 is 2.45 bits per heavy atom. The van der Waals surface area contributed by atoms with Crippen molar-refractivity contribution in [3.63, 3.8) is 0 Å². The summed E-state index contributed by atoms with van der Waals surface area (Å²) in [4.78, 5) is 17.4. The van der Waals surface area contributed by atoms with E-state index in [0.29, 0.717) is 18.6 Å². The molecule has 0 saturated carbocycles. The largest absolute Gasteiger partial charge is 0.380 e. The minimum atomic E-state index is 0.104. The first-order chi connectivity index (χ1) is 16.2. The lowest BCUT2D eigenvalue weighted by molar-refractivity contribution is -0.116. The Morgan fingerprint density at radius 2 is 1.73 bits per heavy atom. The van der Waals surface area contributed by atoms with Gasteiger partial charge in [-0.05, 0) is 81.3 Å². The van der Waals surface area contributed by atoms with Gasteiger partial charge >= 0.3 is 0 Å². The topological polar surface area (TPSA) is 44.8 Å². The number of benzene rings is 2. The Labute approximate surface area is 199 Å². The van der Waals surface area contributed by atoms with E-state index in [9.17, 15) is 4.79 Å². The molecular weight excluding hydrogens is 410 g/mol. The van der Waals surface area contributed by atoms with Crippen molar-refractivity contribution in [3.8, 4) is 0 Å². The highest BCUT2D eigenvalue weighted by molar-refractivity contribution is 5.90. The first-order valence-electron chi connectivity index (χ1n) is 12.7. The van der Waals surface area contributed by atoms with E-state index in [0.717, 1.165) is 44.6 Å². The first kappa shape index (κ1) is 23.8. The van der Waals surface area contributed by atoms with Crippen LogP contribution >= 0.6 is 0 Å². The monoisotopic (exact) mass is 449 g/mol. The third-order valence-electron chi connectivity index (χ3n) is 7.20. The van der Waals surface area contributed by atoms with Crippen LogP contribution in [0.25, 0.3) is 0 Å². The number of ether oxygens (including phenoxy) is 1. The molecule has 1 atom stereocenters. The number of rotatable bonds is 9. The summed E-state index contributed by atoms with van der Waals surface area (Å²) in [5.41, 5.74) is 3.48. The Balaban J connectivity index is 1.17. The quantitative estimate of drug-likeness (QED) is 0.540. The van der Waals surface area contributed by atoms with Crippen LogP contribution in [0.3, 0.4) is 0 Å². The third kappa shape index (κ3) is 7.05. The van der Waals surface area contributed by atoms with Gasteiger partial charge in [0.1, 0.15) is 0 Å². The fourth-order valence-electron chi connectivity index (χ4n) is 5.22. The van der Waals surface area contributed by atoms with Crippen molar-refractivity contribution in [1.29, 1.82) is 0 Å². The number of hydrogen-bond donors (Lipinski definition) is 1. The zero-order valence-corrected chi connectivity index (χ0v) is 20.0. The summed E-state index contributed by atoms with van der Waals surface area (Å²) in [6, 6.07) is 19.5. The summed E-state index contributed by atoms with van der Waals surface area (Å²) < 4.78 is 5.60. The number of aryl methyl sites for hydroxylation is 1. The second-order valence-corrected chi connectivity index (χ2v) is 9.50. The summed E-state index contributed by atoms with van der Waals surface area (Å²) in [6.45, 7) is 4.48. The molecule has 2 saturated heterocycles. The molecule has 0 bridgehead atoms. The van der Waals surface area contributed by atoms with Gasteiger partial charge in [-0.25, -0.2) is 0 Å². The van der Waals surface area contributed by atoms with Gasteiger partial charge in [-0.15, -0.1) is 0 Å². The number of nitrogens with one attached hydrogen (secondary N) is 1. The normalized spacial score (nSPS) is 20.0. The highest BCUT2D eigenvalue weighted by Crippen LogP contribution is 2.26. The molecular formula is C28H39N3O2. The van der Waals surface area contributed by atoms with E-state index in [1.165, 1.54) is 43.5 Å². The van der Waals surface area contributed by atoms with Crippen LogP contribution in [-0.2, 0) is 16.0 Å². The number of carbonyl (C=O) groups excluding carboxylic acids is 1. The van der Waals surface area contributed by atoms with Gasteiger partial charge in [-0.3, -0.25) is 9.69 Å². The van der Waals surface area contributed by atoms with E-state index in [-0.39, 0.29) is 5.91 Å². The second kappa shape index (κ2) is 12.2. The van der Waals surface area contributed by atoms with Crippen molar-refractivity contribution in [3.05, 3.63) is 60.2 Å². The number of carbonyl (C=O) groups is 1. The summed E-state index contributed by atoms with van der Waals surface area (Å²) in [5, 5.41) is 3.05. The van der Waals surface area contributed by atoms with E-state index in [1.807, 2.05) is 25.3 Å². The number of unbranched alkanes of at least 4 members (excludes halogenated alkanes) is 1. The van der Waals surface area contributed by atoms with Crippen molar-refractivity contribution < 1.29 is 9.53 Å². The van der Waals surface area contributed by atoms with Crippen molar-refractivity contribution in [2.45, 2.75) is 63.5 Å². The van der Waals surface area contributed by atoms with Crippen LogP contribution in [0, 0.1) is 0 Å². The number of methoxy groups -OCH3 is 1. The molecule has 1 N–H and O–H groups in total. The molecule has 2 aromatic carbocycles. The molecule has 1 amide bonds. The van der Waals surface area contributed by atoms with Crippen molar-refractivity contribution in [2.24, 2.45) is 0 Å². The fourth-order valence-corrected chi connectivity index (χ4v) is 5.22. The SMILES string of the molecule is CO[C@@H]1CCCN(C2CCN(c3ccc(NC(=O)CCCCc4ccccc4)cc3)CC2)C1. The number of hydrogen-bond acceptors (Lipinski definition) is 4. The fraction of sp³-hybridized carbons (Fsp3) is 0.536. The van der Waals surface area contributed by atoms with Gasteiger partial charge in [-0.1, -0.05) is 30.3 Å². The predicted molar refractivity (Wildman–Crippen MR) is 136 cm³/mol. The number of amides is 1. The van der Waals surface area contributed by atoms with Crippen LogP contribution in [0.2, 0.25) is 0 Å². The van der Waals surface area contributed by atoms with Crippen LogP contribution in [0.15, 0.2) is 54.6 Å². The van der Waals surface area contributed by atoms with Crippen LogP contribution in [0.5, 0.6) is 0 Å². The summed E-state index contributed by atoms with van der Waals surface area (Å²) in [5.74, 6) is 0.104. The lowest BCUT2D eigenvalue weighted by Crippen LogP contribution is -2.50. The van der Waals surface area contributed by atoms with E-state index >= 15 is 0 Å². The molecule has 2 aliphatic heterocycles. The average molecular weight is 450 g/mol. The van der Waals surface area contributed by atoms with Crippen LogP contribution in [0.1, 0.15) is 50.5 Å². The van der Waals surface area contributed by atoms with Crippen molar-refractivity contribution >= 4 is 17.3 Å². The van der Waals surface area contributed by atoms with E-state index in [2.05, 4.69) is 51.5 Å². The molecule has 2 aromatic rings. The van der Waals surface area contributed by atoms with Crippen LogP contribution in [-0.4, -0.2) is 56.2 Å². The van der Waals surface area contributed by atoms with Gasteiger partial charge in [0.15, 0.2) is 0 Å². The number of likely N-dealkylation sites (tertiary alicyclic amines) is 1. The van der Waals surface area contributed by atoms with Crippen molar-refractivity contribution in [1.82, 2.24) is 4.90 Å². The smallest absolute Gasteiger partial charge is 0.224 e. The molecule has 178 valence electrons. The Morgan fingerprint density at radius 1 is 0.970 bits per heavy atom. The minimum Gasteiger partial charge on any atom is -0.380 e. The van der Waals surface area contributed by atoms with E-state index in [4.69, 9.17) is 4.74 Å². The Kier molecular flexibility index (Phi) is 8.79. The molecule has 2 fully saturated rings. The van der Waals surface area contributed by atoms with Crippen LogP contribution < -0.4 is 10.2 Å². The van der Waals surface area contributed by atoms with Crippen LogP contribution in [0.4, 0.5) is 11.4 Å². The lowest BCUT2D eigenvalue weighted by atomic mass is 9.98. The summed E-state index contributed by atoms with van der Waals surface area (Å²) in [6.07, 6.45) is 8.82. The Hall–Kier alpha value is -2.37. The molecule has 0 unspecified atom stereocenters. The number of nitrogens with zero attached hydrogens (tertiary/aromatic N) is 2. The molecule has 4 rings (SSSR count). The molecule has 0 aliphatic carbocycles. The zero-order chi connectivity index (χ0) is 22.9. The van der Waals surface area contributed by atoms with Gasteiger partial charge in [0, 0.05) is 50.6 Å². The average Bonchev–Trinajstić information content (AvgIpc) is 2.88. The van der Waals surface area contributed by atoms with Crippen molar-refractivity contribution in [2.75, 3.05) is 43.5 Å². The Bertz CT molecular complexity index is 847. The molecule has 2 heterocycles. The maximum atomic E-state index is 12.3. The molecule has 0 aromatic heterocycles. The standard InChI is InChI=1S/C28H39N3O2/c1-33-27-11-7-19-31(22-27)26-17-20-30(21-18-26)25-15-13-24(14-16-25)29-28(32)12-6-5-10-23-8-3-2-4-9-23/h2-4,8-9,13-16,26-27H,5-7,10-12,17-22H2,1H3,(H,29,32)/t27-/m1/s1. The predicted octanol–water partition coefficient (Wildman–Crippen LogP) is 5.12. The van der Waals surface area contributed by atoms with E-state index in [1.54, 1.807) is 0 Å². The highest BCUT2D eigenvalue weighted by Gasteiger charge is 2.28. The second-order valence-electron chi connectivity index (χ2n) is 9.50.